The summed E-state index contributed by atoms with van der Waals surface area (Å²) in [6, 6.07) is -0.0890. The SMILES string of the molecule is CC1CCNC(C(=O)NC(C)CS(C)=O)C1. The van der Waals surface area contributed by atoms with Crippen LogP contribution in [0.5, 0.6) is 0 Å². The molecule has 1 rings (SSSR count). The van der Waals surface area contributed by atoms with Crippen molar-refractivity contribution in [3.05, 3.63) is 0 Å². The molecule has 2 N–H and O–H groups in total. The van der Waals surface area contributed by atoms with Crippen LogP contribution in [0.25, 0.3) is 0 Å². The lowest BCUT2D eigenvalue weighted by molar-refractivity contribution is -0.124. The lowest BCUT2D eigenvalue weighted by Gasteiger charge is -2.28. The zero-order valence-corrected chi connectivity index (χ0v) is 11.1. The fourth-order valence-electron chi connectivity index (χ4n) is 2.04. The Labute approximate surface area is 100 Å². The third kappa shape index (κ3) is 4.61. The number of piperidine rings is 1. The van der Waals surface area contributed by atoms with Crippen molar-refractivity contribution in [1.82, 2.24) is 10.6 Å². The Kier molecular flexibility index (Phi) is 5.41. The second-order valence-corrected chi connectivity index (χ2v) is 6.27. The van der Waals surface area contributed by atoms with E-state index in [1.165, 1.54) is 0 Å². The number of hydrogen-bond acceptors (Lipinski definition) is 3. The molecule has 0 aliphatic carbocycles. The molecule has 0 radical (unpaired) electrons. The summed E-state index contributed by atoms with van der Waals surface area (Å²) in [7, 11) is -0.859. The summed E-state index contributed by atoms with van der Waals surface area (Å²) in [6.45, 7) is 4.98. The third-order valence-electron chi connectivity index (χ3n) is 2.86. The first-order valence-electron chi connectivity index (χ1n) is 5.82. The van der Waals surface area contributed by atoms with Crippen molar-refractivity contribution in [2.24, 2.45) is 5.92 Å². The van der Waals surface area contributed by atoms with Gasteiger partial charge in [-0.2, -0.15) is 0 Å². The average molecular weight is 246 g/mol. The van der Waals surface area contributed by atoms with Gasteiger partial charge in [-0.3, -0.25) is 9.00 Å². The predicted molar refractivity (Wildman–Crippen MR) is 66.7 cm³/mol. The minimum absolute atomic E-state index is 0.0163. The highest BCUT2D eigenvalue weighted by atomic mass is 32.2. The van der Waals surface area contributed by atoms with E-state index < -0.39 is 10.8 Å². The van der Waals surface area contributed by atoms with Gasteiger partial charge < -0.3 is 10.6 Å². The topological polar surface area (TPSA) is 58.2 Å². The maximum Gasteiger partial charge on any atom is 0.237 e. The van der Waals surface area contributed by atoms with Gasteiger partial charge in [0.1, 0.15) is 0 Å². The van der Waals surface area contributed by atoms with Crippen LogP contribution >= 0.6 is 0 Å². The molecule has 1 fully saturated rings. The number of carbonyl (C=O) groups excluding carboxylic acids is 1. The maximum absolute atomic E-state index is 11.9. The van der Waals surface area contributed by atoms with Crippen molar-refractivity contribution in [2.75, 3.05) is 18.6 Å². The summed E-state index contributed by atoms with van der Waals surface area (Å²) in [5.41, 5.74) is 0. The molecular weight excluding hydrogens is 224 g/mol. The van der Waals surface area contributed by atoms with E-state index >= 15 is 0 Å². The minimum atomic E-state index is -0.859. The first-order valence-corrected chi connectivity index (χ1v) is 7.55. The maximum atomic E-state index is 11.9. The van der Waals surface area contributed by atoms with E-state index in [1.807, 2.05) is 6.92 Å². The molecule has 0 aromatic carbocycles. The zero-order valence-electron chi connectivity index (χ0n) is 10.3. The van der Waals surface area contributed by atoms with Crippen LogP contribution in [-0.4, -0.2) is 40.8 Å². The fraction of sp³-hybridized carbons (Fsp3) is 0.909. The molecule has 16 heavy (non-hydrogen) atoms. The molecule has 1 saturated heterocycles. The highest BCUT2D eigenvalue weighted by molar-refractivity contribution is 7.84. The fourth-order valence-corrected chi connectivity index (χ4v) is 2.83. The molecule has 0 aromatic heterocycles. The normalized spacial score (nSPS) is 29.4. The van der Waals surface area contributed by atoms with Crippen LogP contribution in [0.2, 0.25) is 0 Å². The monoisotopic (exact) mass is 246 g/mol. The lowest BCUT2D eigenvalue weighted by Crippen LogP contribution is -2.51. The second-order valence-electron chi connectivity index (χ2n) is 4.79. The highest BCUT2D eigenvalue weighted by Gasteiger charge is 2.25. The largest absolute Gasteiger partial charge is 0.351 e. The van der Waals surface area contributed by atoms with Gasteiger partial charge in [-0.05, 0) is 32.2 Å². The van der Waals surface area contributed by atoms with E-state index in [0.29, 0.717) is 11.7 Å². The van der Waals surface area contributed by atoms with E-state index in [-0.39, 0.29) is 18.0 Å². The predicted octanol–water partition coefficient (Wildman–Crippen LogP) is 0.258. The van der Waals surface area contributed by atoms with Crippen molar-refractivity contribution in [1.29, 1.82) is 0 Å². The van der Waals surface area contributed by atoms with Crippen molar-refractivity contribution in [3.8, 4) is 0 Å². The van der Waals surface area contributed by atoms with E-state index in [9.17, 15) is 9.00 Å². The Balaban J connectivity index is 2.36. The Morgan fingerprint density at radius 2 is 2.31 bits per heavy atom. The Bertz CT molecular complexity index is 271. The molecule has 0 spiro atoms. The van der Waals surface area contributed by atoms with E-state index in [0.717, 1.165) is 19.4 Å². The van der Waals surface area contributed by atoms with Gasteiger partial charge in [-0.25, -0.2) is 0 Å². The van der Waals surface area contributed by atoms with Gasteiger partial charge in [-0.1, -0.05) is 6.92 Å². The van der Waals surface area contributed by atoms with Crippen LogP contribution in [0.1, 0.15) is 26.7 Å². The molecule has 1 amide bonds. The van der Waals surface area contributed by atoms with Crippen LogP contribution in [0.3, 0.4) is 0 Å². The van der Waals surface area contributed by atoms with Crippen LogP contribution in [0, 0.1) is 5.92 Å². The van der Waals surface area contributed by atoms with Crippen LogP contribution in [-0.2, 0) is 15.6 Å². The van der Waals surface area contributed by atoms with E-state index in [2.05, 4.69) is 17.6 Å². The third-order valence-corrected chi connectivity index (χ3v) is 3.83. The summed E-state index contributed by atoms with van der Waals surface area (Å²) in [4.78, 5) is 11.9. The van der Waals surface area contributed by atoms with Gasteiger partial charge in [0.25, 0.3) is 0 Å². The number of amides is 1. The van der Waals surface area contributed by atoms with Crippen molar-refractivity contribution >= 4 is 16.7 Å². The first-order chi connectivity index (χ1) is 7.49. The van der Waals surface area contributed by atoms with Gasteiger partial charge in [0.2, 0.25) is 5.91 Å². The number of carbonyl (C=O) groups is 1. The molecular formula is C11H22N2O2S. The van der Waals surface area contributed by atoms with Crippen molar-refractivity contribution < 1.29 is 9.00 Å². The minimum Gasteiger partial charge on any atom is -0.351 e. The smallest absolute Gasteiger partial charge is 0.237 e. The van der Waals surface area contributed by atoms with Crippen molar-refractivity contribution in [3.63, 3.8) is 0 Å². The molecule has 1 heterocycles. The molecule has 0 aromatic rings. The van der Waals surface area contributed by atoms with Crippen LogP contribution < -0.4 is 10.6 Å². The number of rotatable bonds is 4. The lowest BCUT2D eigenvalue weighted by atomic mass is 9.94. The molecule has 0 saturated carbocycles. The molecule has 4 unspecified atom stereocenters. The summed E-state index contributed by atoms with van der Waals surface area (Å²) < 4.78 is 11.0. The Hall–Kier alpha value is -0.420. The standard InChI is InChI=1S/C11H22N2O2S/c1-8-4-5-12-10(6-8)11(14)13-9(2)7-16(3)15/h8-10,12H,4-7H2,1-3H3,(H,13,14). The molecule has 1 aliphatic heterocycles. The molecule has 4 nitrogen and oxygen atoms in total. The molecule has 94 valence electrons. The molecule has 1 aliphatic rings. The quantitative estimate of drug-likeness (QED) is 0.748. The number of hydrogen-bond donors (Lipinski definition) is 2. The first kappa shape index (κ1) is 13.6. The van der Waals surface area contributed by atoms with E-state index in [4.69, 9.17) is 0 Å². The Morgan fingerprint density at radius 1 is 1.62 bits per heavy atom. The van der Waals surface area contributed by atoms with Gasteiger partial charge >= 0.3 is 0 Å². The zero-order chi connectivity index (χ0) is 12.1. The summed E-state index contributed by atoms with van der Waals surface area (Å²) in [5, 5.41) is 6.13. The van der Waals surface area contributed by atoms with Crippen LogP contribution in [0.4, 0.5) is 0 Å². The second kappa shape index (κ2) is 6.35. The van der Waals surface area contributed by atoms with Gasteiger partial charge in [0.15, 0.2) is 0 Å². The average Bonchev–Trinajstić information content (AvgIpc) is 2.16. The molecule has 5 heteroatoms. The number of nitrogens with one attached hydrogen (secondary N) is 2. The summed E-state index contributed by atoms with van der Waals surface area (Å²) in [5.74, 6) is 1.17. The summed E-state index contributed by atoms with van der Waals surface area (Å²) >= 11 is 0. The Morgan fingerprint density at radius 3 is 2.88 bits per heavy atom. The van der Waals surface area contributed by atoms with E-state index in [1.54, 1.807) is 6.26 Å². The molecule has 0 bridgehead atoms. The van der Waals surface area contributed by atoms with Gasteiger partial charge in [0.05, 0.1) is 6.04 Å². The van der Waals surface area contributed by atoms with Crippen molar-refractivity contribution in [2.45, 2.75) is 38.8 Å². The highest BCUT2D eigenvalue weighted by Crippen LogP contribution is 2.15. The van der Waals surface area contributed by atoms with Gasteiger partial charge in [-0.15, -0.1) is 0 Å². The van der Waals surface area contributed by atoms with Gasteiger partial charge in [0, 0.05) is 28.9 Å². The summed E-state index contributed by atoms with van der Waals surface area (Å²) in [6.07, 6.45) is 3.69. The molecule has 4 atom stereocenters. The van der Waals surface area contributed by atoms with Crippen LogP contribution in [0.15, 0.2) is 0 Å².